The van der Waals surface area contributed by atoms with Crippen LogP contribution >= 0.6 is 11.3 Å². The number of methoxy groups -OCH3 is 1. The molecule has 0 bridgehead atoms. The highest BCUT2D eigenvalue weighted by molar-refractivity contribution is 7.91. The molecule has 0 fully saturated rings. The molecule has 6 nitrogen and oxygen atoms in total. The van der Waals surface area contributed by atoms with Crippen molar-refractivity contribution in [1.29, 1.82) is 0 Å². The van der Waals surface area contributed by atoms with Crippen molar-refractivity contribution in [2.45, 2.75) is 24.2 Å². The van der Waals surface area contributed by atoms with Gasteiger partial charge in [0.05, 0.1) is 13.7 Å². The summed E-state index contributed by atoms with van der Waals surface area (Å²) in [5.41, 5.74) is 0.837. The molecule has 0 aliphatic heterocycles. The Labute approximate surface area is 139 Å². The number of carbonyl (C=O) groups excluding carboxylic acids is 1. The van der Waals surface area contributed by atoms with Crippen LogP contribution in [0.1, 0.15) is 17.4 Å². The zero-order valence-corrected chi connectivity index (χ0v) is 14.5. The maximum atomic E-state index is 12.3. The average Bonchev–Trinajstić information content (AvgIpc) is 3.01. The van der Waals surface area contributed by atoms with E-state index in [2.05, 4.69) is 10.0 Å². The zero-order valence-electron chi connectivity index (χ0n) is 12.8. The SMILES string of the molecule is COc1ccc(CNS(=O)(=O)c2ccc(CNC(C)=O)s2)cc1. The maximum absolute atomic E-state index is 12.3. The Morgan fingerprint density at radius 1 is 1.13 bits per heavy atom. The second-order valence-electron chi connectivity index (χ2n) is 4.80. The molecule has 124 valence electrons. The Kier molecular flexibility index (Phi) is 5.75. The number of hydrogen-bond acceptors (Lipinski definition) is 5. The molecule has 0 spiro atoms. The highest BCUT2D eigenvalue weighted by Gasteiger charge is 2.16. The van der Waals surface area contributed by atoms with Gasteiger partial charge in [0.25, 0.3) is 0 Å². The highest BCUT2D eigenvalue weighted by Crippen LogP contribution is 2.21. The van der Waals surface area contributed by atoms with Crippen LogP contribution in [0.3, 0.4) is 0 Å². The molecule has 8 heteroatoms. The Morgan fingerprint density at radius 2 is 1.83 bits per heavy atom. The summed E-state index contributed by atoms with van der Waals surface area (Å²) in [5.74, 6) is 0.568. The van der Waals surface area contributed by atoms with Crippen molar-refractivity contribution in [3.8, 4) is 5.75 Å². The zero-order chi connectivity index (χ0) is 16.9. The molecule has 0 aliphatic carbocycles. The van der Waals surface area contributed by atoms with Crippen molar-refractivity contribution in [1.82, 2.24) is 10.0 Å². The van der Waals surface area contributed by atoms with E-state index >= 15 is 0 Å². The van der Waals surface area contributed by atoms with E-state index in [1.165, 1.54) is 13.0 Å². The van der Waals surface area contributed by atoms with Gasteiger partial charge in [-0.25, -0.2) is 13.1 Å². The molecule has 2 aromatic rings. The van der Waals surface area contributed by atoms with Crippen LogP contribution in [0.4, 0.5) is 0 Å². The second-order valence-corrected chi connectivity index (χ2v) is 7.97. The molecule has 1 heterocycles. The third-order valence-electron chi connectivity index (χ3n) is 3.04. The van der Waals surface area contributed by atoms with E-state index in [0.717, 1.165) is 27.5 Å². The Hall–Kier alpha value is -1.90. The second kappa shape index (κ2) is 7.58. The summed E-state index contributed by atoms with van der Waals surface area (Å²) in [6.45, 7) is 1.95. The number of hydrogen-bond donors (Lipinski definition) is 2. The Balaban J connectivity index is 1.99. The highest BCUT2D eigenvalue weighted by atomic mass is 32.2. The van der Waals surface area contributed by atoms with Gasteiger partial charge in [-0.2, -0.15) is 0 Å². The molecular weight excluding hydrogens is 336 g/mol. The first-order valence-corrected chi connectivity index (χ1v) is 9.16. The van der Waals surface area contributed by atoms with Gasteiger partial charge in [0.2, 0.25) is 15.9 Å². The summed E-state index contributed by atoms with van der Waals surface area (Å²) < 4.78 is 32.4. The molecule has 0 aliphatic rings. The summed E-state index contributed by atoms with van der Waals surface area (Å²) in [6.07, 6.45) is 0. The number of thiophene rings is 1. The number of rotatable bonds is 7. The van der Waals surface area contributed by atoms with Crippen molar-refractivity contribution in [3.63, 3.8) is 0 Å². The third kappa shape index (κ3) is 5.05. The van der Waals surface area contributed by atoms with E-state index in [-0.39, 0.29) is 16.7 Å². The van der Waals surface area contributed by atoms with Crippen LogP contribution in [0.5, 0.6) is 5.75 Å². The normalized spacial score (nSPS) is 11.2. The molecule has 0 atom stereocenters. The number of ether oxygens (including phenoxy) is 1. The van der Waals surface area contributed by atoms with E-state index in [1.807, 2.05) is 0 Å². The van der Waals surface area contributed by atoms with Crippen molar-refractivity contribution < 1.29 is 17.9 Å². The van der Waals surface area contributed by atoms with Gasteiger partial charge in [-0.1, -0.05) is 12.1 Å². The van der Waals surface area contributed by atoms with E-state index in [9.17, 15) is 13.2 Å². The fourth-order valence-corrected chi connectivity index (χ4v) is 4.16. The number of sulfonamides is 1. The molecule has 23 heavy (non-hydrogen) atoms. The van der Waals surface area contributed by atoms with Gasteiger partial charge in [0.15, 0.2) is 0 Å². The number of amides is 1. The van der Waals surface area contributed by atoms with Gasteiger partial charge >= 0.3 is 0 Å². The molecule has 0 unspecified atom stereocenters. The molecule has 2 rings (SSSR count). The summed E-state index contributed by atoms with van der Waals surface area (Å²) in [5, 5.41) is 2.64. The molecule has 1 aromatic heterocycles. The minimum atomic E-state index is -3.57. The molecule has 0 radical (unpaired) electrons. The van der Waals surface area contributed by atoms with Gasteiger partial charge < -0.3 is 10.1 Å². The first-order valence-electron chi connectivity index (χ1n) is 6.86. The predicted molar refractivity (Wildman–Crippen MR) is 88.9 cm³/mol. The van der Waals surface area contributed by atoms with Crippen LogP contribution in [0.2, 0.25) is 0 Å². The van der Waals surface area contributed by atoms with Crippen LogP contribution in [0.15, 0.2) is 40.6 Å². The molecular formula is C15H18N2O4S2. The first kappa shape index (κ1) is 17.5. The van der Waals surface area contributed by atoms with Gasteiger partial charge in [-0.3, -0.25) is 4.79 Å². The average molecular weight is 354 g/mol. The van der Waals surface area contributed by atoms with Gasteiger partial charge in [0, 0.05) is 18.3 Å². The Bertz CT molecular complexity index is 767. The number of carbonyl (C=O) groups is 1. The summed E-state index contributed by atoms with van der Waals surface area (Å²) >= 11 is 1.14. The van der Waals surface area contributed by atoms with Gasteiger partial charge in [-0.15, -0.1) is 11.3 Å². The molecule has 2 N–H and O–H groups in total. The van der Waals surface area contributed by atoms with Crippen molar-refractivity contribution in [2.24, 2.45) is 0 Å². The lowest BCUT2D eigenvalue weighted by Crippen LogP contribution is -2.22. The monoisotopic (exact) mass is 354 g/mol. The molecule has 0 saturated heterocycles. The molecule has 0 saturated carbocycles. The summed E-state index contributed by atoms with van der Waals surface area (Å²) in [6, 6.07) is 10.4. The van der Waals surface area contributed by atoms with Crippen molar-refractivity contribution in [3.05, 3.63) is 46.8 Å². The number of nitrogens with one attached hydrogen (secondary N) is 2. The Morgan fingerprint density at radius 3 is 2.43 bits per heavy atom. The fourth-order valence-electron chi connectivity index (χ4n) is 1.80. The van der Waals surface area contributed by atoms with Gasteiger partial charge in [0.1, 0.15) is 9.96 Å². The van der Waals surface area contributed by atoms with E-state index in [4.69, 9.17) is 4.74 Å². The third-order valence-corrected chi connectivity index (χ3v) is 6.02. The minimum Gasteiger partial charge on any atom is -0.497 e. The maximum Gasteiger partial charge on any atom is 0.250 e. The van der Waals surface area contributed by atoms with Crippen molar-refractivity contribution >= 4 is 27.3 Å². The van der Waals surface area contributed by atoms with Crippen LogP contribution in [-0.4, -0.2) is 21.4 Å². The van der Waals surface area contributed by atoms with Crippen molar-refractivity contribution in [2.75, 3.05) is 7.11 Å². The smallest absolute Gasteiger partial charge is 0.250 e. The van der Waals surface area contributed by atoms with Crippen LogP contribution in [-0.2, 0) is 27.9 Å². The standard InChI is InChI=1S/C15H18N2O4S2/c1-11(18)16-10-14-7-8-15(22-14)23(19,20)17-9-12-3-5-13(21-2)6-4-12/h3-8,17H,9-10H2,1-2H3,(H,16,18). The fraction of sp³-hybridized carbons (Fsp3) is 0.267. The van der Waals surface area contributed by atoms with Crippen LogP contribution < -0.4 is 14.8 Å². The predicted octanol–water partition coefficient (Wildman–Crippen LogP) is 1.87. The van der Waals surface area contributed by atoms with E-state index < -0.39 is 10.0 Å². The molecule has 1 aromatic carbocycles. The molecule has 1 amide bonds. The lowest BCUT2D eigenvalue weighted by atomic mass is 10.2. The van der Waals surface area contributed by atoms with Crippen LogP contribution in [0, 0.1) is 0 Å². The lowest BCUT2D eigenvalue weighted by molar-refractivity contribution is -0.119. The quantitative estimate of drug-likeness (QED) is 0.795. The van der Waals surface area contributed by atoms with E-state index in [1.54, 1.807) is 37.4 Å². The summed E-state index contributed by atoms with van der Waals surface area (Å²) in [4.78, 5) is 11.7. The minimum absolute atomic E-state index is 0.152. The number of benzene rings is 1. The van der Waals surface area contributed by atoms with Crippen LogP contribution in [0.25, 0.3) is 0 Å². The van der Waals surface area contributed by atoms with E-state index in [0.29, 0.717) is 6.54 Å². The largest absolute Gasteiger partial charge is 0.497 e. The lowest BCUT2D eigenvalue weighted by Gasteiger charge is -2.06. The topological polar surface area (TPSA) is 84.5 Å². The first-order chi connectivity index (χ1) is 10.9. The summed E-state index contributed by atoms with van der Waals surface area (Å²) in [7, 11) is -1.99. The van der Waals surface area contributed by atoms with Gasteiger partial charge in [-0.05, 0) is 29.8 Å².